The van der Waals surface area contributed by atoms with Gasteiger partial charge in [0.2, 0.25) is 0 Å². The molecule has 0 fully saturated rings. The minimum atomic E-state index is -0.455. The summed E-state index contributed by atoms with van der Waals surface area (Å²) in [6, 6.07) is 10.4. The Morgan fingerprint density at radius 2 is 1.00 bits per heavy atom. The molecular formula is C26H16Br2N4O4. The van der Waals surface area contributed by atoms with Gasteiger partial charge in [-0.25, -0.2) is 0 Å². The standard InChI is InChI=1S/C26H16Br2N4O4/c1-3-31-21-17(13-7-5-11(27)9-15(13)23(33)29-21)19(25(31)35)20-18-14-8-6-12(28)10-16(14)24(34)30-22(18)32(4-2)26(20)36/h5-10H,3-4H2,1-2H3. The Morgan fingerprint density at radius 3 is 1.36 bits per heavy atom. The van der Waals surface area contributed by atoms with E-state index >= 15 is 0 Å². The second-order valence-corrected chi connectivity index (χ2v) is 10.3. The third kappa shape index (κ3) is 2.97. The molecule has 178 valence electrons. The van der Waals surface area contributed by atoms with Crippen molar-refractivity contribution in [2.45, 2.75) is 13.8 Å². The van der Waals surface area contributed by atoms with Gasteiger partial charge in [-0.3, -0.25) is 29.0 Å². The van der Waals surface area contributed by atoms with Crippen molar-refractivity contribution < 1.29 is 19.2 Å². The molecule has 0 N–H and O–H groups in total. The normalized spacial score (nSPS) is 18.4. The van der Waals surface area contributed by atoms with E-state index in [0.29, 0.717) is 42.3 Å². The summed E-state index contributed by atoms with van der Waals surface area (Å²) in [6.07, 6.45) is 0. The quantitative estimate of drug-likeness (QED) is 0.521. The Kier molecular flexibility index (Phi) is 5.10. The number of likely N-dealkylation sites (N-methyl/N-ethyl adjacent to an activating group) is 2. The van der Waals surface area contributed by atoms with E-state index in [1.165, 1.54) is 9.80 Å². The minimum absolute atomic E-state index is 0.165. The molecule has 4 aliphatic rings. The summed E-state index contributed by atoms with van der Waals surface area (Å²) in [6.45, 7) is 4.10. The average Bonchev–Trinajstić information content (AvgIpc) is 3.28. The molecule has 0 unspecified atom stereocenters. The van der Waals surface area contributed by atoms with Crippen LogP contribution < -0.4 is 0 Å². The molecule has 0 spiro atoms. The zero-order valence-electron chi connectivity index (χ0n) is 19.1. The monoisotopic (exact) mass is 606 g/mol. The van der Waals surface area contributed by atoms with E-state index in [9.17, 15) is 19.2 Å². The first-order valence-corrected chi connectivity index (χ1v) is 12.8. The molecule has 0 atom stereocenters. The number of hydrogen-bond donors (Lipinski definition) is 0. The van der Waals surface area contributed by atoms with Gasteiger partial charge in [0.1, 0.15) is 11.7 Å². The maximum atomic E-state index is 13.9. The fourth-order valence-electron chi connectivity index (χ4n) is 5.10. The van der Waals surface area contributed by atoms with Gasteiger partial charge >= 0.3 is 0 Å². The van der Waals surface area contributed by atoms with Crippen LogP contribution >= 0.6 is 31.9 Å². The highest BCUT2D eigenvalue weighted by Crippen LogP contribution is 2.46. The molecule has 4 amide bonds. The van der Waals surface area contributed by atoms with Crippen LogP contribution in [0.15, 0.2) is 66.5 Å². The largest absolute Gasteiger partial charge is 0.292 e. The highest BCUT2D eigenvalue weighted by molar-refractivity contribution is 9.10. The van der Waals surface area contributed by atoms with Crippen molar-refractivity contribution in [3.05, 3.63) is 78.7 Å². The van der Waals surface area contributed by atoms with Crippen molar-refractivity contribution in [3.63, 3.8) is 0 Å². The van der Waals surface area contributed by atoms with Gasteiger partial charge in [-0.05, 0) is 49.2 Å². The summed E-state index contributed by atoms with van der Waals surface area (Å²) in [5.74, 6) is -1.28. The lowest BCUT2D eigenvalue weighted by molar-refractivity contribution is -0.125. The van der Waals surface area contributed by atoms with Crippen LogP contribution in [-0.4, -0.2) is 58.2 Å². The van der Waals surface area contributed by atoms with Crippen LogP contribution in [0.1, 0.15) is 45.7 Å². The second kappa shape index (κ2) is 8.01. The van der Waals surface area contributed by atoms with Crippen LogP contribution in [0.2, 0.25) is 0 Å². The number of amides is 4. The molecule has 0 radical (unpaired) electrons. The Bertz CT molecular complexity index is 1500. The molecule has 36 heavy (non-hydrogen) atoms. The van der Waals surface area contributed by atoms with Crippen molar-refractivity contribution in [2.75, 3.05) is 13.1 Å². The molecule has 4 aliphatic heterocycles. The van der Waals surface area contributed by atoms with E-state index in [-0.39, 0.29) is 35.9 Å². The van der Waals surface area contributed by atoms with Crippen molar-refractivity contribution in [1.29, 1.82) is 0 Å². The molecular weight excluding hydrogens is 592 g/mol. The highest BCUT2D eigenvalue weighted by Gasteiger charge is 2.49. The van der Waals surface area contributed by atoms with Gasteiger partial charge in [-0.15, -0.1) is 0 Å². The van der Waals surface area contributed by atoms with Crippen molar-refractivity contribution >= 4 is 78.3 Å². The summed E-state index contributed by atoms with van der Waals surface area (Å²) in [5.41, 5.74) is 2.95. The molecule has 0 saturated heterocycles. The van der Waals surface area contributed by atoms with Gasteiger partial charge in [0.25, 0.3) is 23.6 Å². The summed E-state index contributed by atoms with van der Waals surface area (Å²) in [4.78, 5) is 64.8. The lowest BCUT2D eigenvalue weighted by Gasteiger charge is -2.20. The van der Waals surface area contributed by atoms with Gasteiger partial charge in [-0.2, -0.15) is 9.98 Å². The summed E-state index contributed by atoms with van der Waals surface area (Å²) in [5, 5.41) is 0. The smallest absolute Gasteiger partial charge is 0.279 e. The fourth-order valence-corrected chi connectivity index (χ4v) is 5.82. The zero-order valence-corrected chi connectivity index (χ0v) is 22.2. The summed E-state index contributed by atoms with van der Waals surface area (Å²) < 4.78 is 1.39. The summed E-state index contributed by atoms with van der Waals surface area (Å²) >= 11 is 6.79. The van der Waals surface area contributed by atoms with Gasteiger partial charge in [0, 0.05) is 33.2 Å². The second-order valence-electron chi connectivity index (χ2n) is 8.46. The van der Waals surface area contributed by atoms with E-state index in [1.54, 1.807) is 50.2 Å². The maximum absolute atomic E-state index is 13.9. The van der Waals surface area contributed by atoms with Crippen LogP contribution in [0.25, 0.3) is 11.1 Å². The van der Waals surface area contributed by atoms with Gasteiger partial charge in [-0.1, -0.05) is 44.0 Å². The first-order valence-electron chi connectivity index (χ1n) is 11.3. The molecule has 8 nitrogen and oxygen atoms in total. The van der Waals surface area contributed by atoms with E-state index in [0.717, 1.165) is 0 Å². The van der Waals surface area contributed by atoms with E-state index in [4.69, 9.17) is 0 Å². The number of carbonyl (C=O) groups is 4. The summed E-state index contributed by atoms with van der Waals surface area (Å²) in [7, 11) is 0. The number of halogens is 2. The molecule has 0 aliphatic carbocycles. The number of hydrogen-bond acceptors (Lipinski definition) is 4. The third-order valence-electron chi connectivity index (χ3n) is 6.64. The van der Waals surface area contributed by atoms with Gasteiger partial charge < -0.3 is 0 Å². The van der Waals surface area contributed by atoms with Crippen molar-refractivity contribution in [3.8, 4) is 0 Å². The number of nitrogens with zero attached hydrogens (tertiary/aromatic N) is 4. The topological polar surface area (TPSA) is 99.5 Å². The van der Waals surface area contributed by atoms with E-state index < -0.39 is 23.6 Å². The molecule has 0 saturated carbocycles. The molecule has 2 aromatic carbocycles. The molecule has 0 aromatic heterocycles. The van der Waals surface area contributed by atoms with Crippen LogP contribution in [0.3, 0.4) is 0 Å². The Hall–Kier alpha value is -3.50. The van der Waals surface area contributed by atoms with E-state index in [1.807, 2.05) is 0 Å². The first kappa shape index (κ1) is 22.9. The Balaban J connectivity index is 1.74. The lowest BCUT2D eigenvalue weighted by atomic mass is 9.86. The van der Waals surface area contributed by atoms with Crippen molar-refractivity contribution in [2.24, 2.45) is 9.98 Å². The zero-order chi connectivity index (χ0) is 25.5. The average molecular weight is 608 g/mol. The Morgan fingerprint density at radius 1 is 0.611 bits per heavy atom. The highest BCUT2D eigenvalue weighted by atomic mass is 79.9. The number of amidine groups is 2. The van der Waals surface area contributed by atoms with Crippen molar-refractivity contribution in [1.82, 2.24) is 9.80 Å². The number of rotatable bonds is 3. The fraction of sp³-hybridized carbons (Fsp3) is 0.154. The number of benzene rings is 2. The SMILES string of the molecule is CCN1C(=O)C(C2=C3C(=NC(=O)c4cc(Br)ccc43)N(CC)C2=O)=C2C1=NC(=O)c1cc(Br)ccc12. The molecule has 6 rings (SSSR count). The van der Waals surface area contributed by atoms with Gasteiger partial charge in [0.05, 0.1) is 22.3 Å². The molecule has 4 heterocycles. The minimum Gasteiger partial charge on any atom is -0.292 e. The molecule has 0 bridgehead atoms. The number of aliphatic imine (C=N–C) groups is 2. The van der Waals surface area contributed by atoms with E-state index in [2.05, 4.69) is 41.8 Å². The van der Waals surface area contributed by atoms with Gasteiger partial charge in [0.15, 0.2) is 0 Å². The predicted molar refractivity (Wildman–Crippen MR) is 140 cm³/mol. The maximum Gasteiger partial charge on any atom is 0.279 e. The third-order valence-corrected chi connectivity index (χ3v) is 7.62. The lowest BCUT2D eigenvalue weighted by Crippen LogP contribution is -2.35. The Labute approximate surface area is 222 Å². The van der Waals surface area contributed by atoms with Crippen LogP contribution in [0.5, 0.6) is 0 Å². The first-order chi connectivity index (χ1) is 17.3. The van der Waals surface area contributed by atoms with Crippen LogP contribution in [0.4, 0.5) is 0 Å². The molecule has 2 aromatic rings. The number of carbonyl (C=O) groups excluding carboxylic acids is 4. The van der Waals surface area contributed by atoms with Crippen LogP contribution in [0, 0.1) is 0 Å². The number of fused-ring (bicyclic) bond motifs is 6. The molecule has 10 heteroatoms. The predicted octanol–water partition coefficient (Wildman–Crippen LogP) is 4.25. The van der Waals surface area contributed by atoms with Crippen LogP contribution in [-0.2, 0) is 9.59 Å².